The van der Waals surface area contributed by atoms with Crippen molar-refractivity contribution in [3.05, 3.63) is 15.6 Å². The molecule has 3 nitrogen and oxygen atoms in total. The van der Waals surface area contributed by atoms with E-state index in [2.05, 4.69) is 31.0 Å². The molecule has 1 aromatic heterocycles. The van der Waals surface area contributed by atoms with Gasteiger partial charge in [-0.15, -0.1) is 11.3 Å². The third kappa shape index (κ3) is 2.78. The van der Waals surface area contributed by atoms with Gasteiger partial charge in [0, 0.05) is 29.5 Å². The Morgan fingerprint density at radius 1 is 1.29 bits per heavy atom. The second-order valence-corrected chi connectivity index (χ2v) is 8.92. The summed E-state index contributed by atoms with van der Waals surface area (Å²) in [6.07, 6.45) is 5.69. The van der Waals surface area contributed by atoms with E-state index < -0.39 is 0 Å². The van der Waals surface area contributed by atoms with Crippen LogP contribution in [0.1, 0.15) is 48.2 Å². The van der Waals surface area contributed by atoms with Gasteiger partial charge in [0.2, 0.25) is 0 Å². The number of hydrogen-bond donors (Lipinski definition) is 1. The second kappa shape index (κ2) is 5.04. The van der Waals surface area contributed by atoms with E-state index in [4.69, 9.17) is 4.98 Å². The van der Waals surface area contributed by atoms with E-state index in [1.165, 1.54) is 54.4 Å². The topological polar surface area (TPSA) is 28.2 Å². The fourth-order valence-electron chi connectivity index (χ4n) is 3.96. The normalized spacial score (nSPS) is 34.3. The summed E-state index contributed by atoms with van der Waals surface area (Å²) in [5, 5.41) is 5.22. The first-order valence-corrected chi connectivity index (χ1v) is 9.29. The summed E-state index contributed by atoms with van der Waals surface area (Å²) < 4.78 is 0. The Hall–Kier alpha value is -0.450. The van der Waals surface area contributed by atoms with Gasteiger partial charge in [-0.2, -0.15) is 0 Å². The Labute approximate surface area is 132 Å². The maximum absolute atomic E-state index is 4.78. The lowest BCUT2D eigenvalue weighted by molar-refractivity contribution is 0.0577. The third-order valence-electron chi connectivity index (χ3n) is 5.77. The molecule has 1 N–H and O–H groups in total. The van der Waals surface area contributed by atoms with Crippen molar-refractivity contribution >= 4 is 11.3 Å². The van der Waals surface area contributed by atoms with Gasteiger partial charge in [-0.25, -0.2) is 4.98 Å². The van der Waals surface area contributed by atoms with Crippen molar-refractivity contribution in [1.29, 1.82) is 0 Å². The van der Waals surface area contributed by atoms with Crippen LogP contribution in [0, 0.1) is 25.7 Å². The minimum atomic E-state index is 0.340. The molecule has 1 aliphatic heterocycles. The third-order valence-corrected chi connectivity index (χ3v) is 6.83. The monoisotopic (exact) mass is 305 g/mol. The SMILES string of the molecule is Cc1nc(CN2CC(C)(C3CC3)NCC2C2CC2)sc1C. The predicted octanol–water partition coefficient (Wildman–Crippen LogP) is 3.11. The molecule has 2 atom stereocenters. The van der Waals surface area contributed by atoms with Crippen LogP contribution in [0.3, 0.4) is 0 Å². The average molecular weight is 305 g/mol. The van der Waals surface area contributed by atoms with Crippen LogP contribution >= 0.6 is 11.3 Å². The molecular formula is C17H27N3S. The lowest BCUT2D eigenvalue weighted by Crippen LogP contribution is -2.64. The lowest BCUT2D eigenvalue weighted by Gasteiger charge is -2.46. The molecule has 3 fully saturated rings. The zero-order chi connectivity index (χ0) is 14.6. The van der Waals surface area contributed by atoms with Gasteiger partial charge in [0.25, 0.3) is 0 Å². The first kappa shape index (κ1) is 14.2. The molecule has 3 aliphatic rings. The second-order valence-electron chi connectivity index (χ2n) is 7.63. The minimum absolute atomic E-state index is 0.340. The molecule has 0 amide bonds. The summed E-state index contributed by atoms with van der Waals surface area (Å²) in [7, 11) is 0. The Morgan fingerprint density at radius 3 is 2.62 bits per heavy atom. The van der Waals surface area contributed by atoms with Gasteiger partial charge in [-0.1, -0.05) is 0 Å². The van der Waals surface area contributed by atoms with Gasteiger partial charge in [-0.05, 0) is 58.3 Å². The van der Waals surface area contributed by atoms with Crippen LogP contribution in [-0.4, -0.2) is 34.6 Å². The Kier molecular flexibility index (Phi) is 3.40. The number of piperazine rings is 1. The standard InChI is InChI=1S/C17H27N3S/c1-11-12(2)21-16(19-11)9-20-10-17(3,14-6-7-14)18-8-15(20)13-4-5-13/h13-15,18H,4-10H2,1-3H3. The van der Waals surface area contributed by atoms with Crippen LogP contribution in [-0.2, 0) is 6.54 Å². The molecule has 2 saturated carbocycles. The van der Waals surface area contributed by atoms with Crippen molar-refractivity contribution in [3.63, 3.8) is 0 Å². The smallest absolute Gasteiger partial charge is 0.107 e. The summed E-state index contributed by atoms with van der Waals surface area (Å²) >= 11 is 1.89. The van der Waals surface area contributed by atoms with Crippen molar-refractivity contribution in [2.24, 2.45) is 11.8 Å². The van der Waals surface area contributed by atoms with Crippen LogP contribution in [0.25, 0.3) is 0 Å². The summed E-state index contributed by atoms with van der Waals surface area (Å²) in [6, 6.07) is 0.737. The molecule has 1 saturated heterocycles. The van der Waals surface area contributed by atoms with Crippen LogP contribution in [0.15, 0.2) is 0 Å². The molecule has 0 spiro atoms. The van der Waals surface area contributed by atoms with E-state index in [9.17, 15) is 0 Å². The van der Waals surface area contributed by atoms with E-state index in [1.54, 1.807) is 0 Å². The first-order chi connectivity index (χ1) is 10.0. The van der Waals surface area contributed by atoms with E-state index in [1.807, 2.05) is 11.3 Å². The van der Waals surface area contributed by atoms with Crippen molar-refractivity contribution in [2.45, 2.75) is 64.6 Å². The van der Waals surface area contributed by atoms with Crippen LogP contribution in [0.2, 0.25) is 0 Å². The predicted molar refractivity (Wildman–Crippen MR) is 87.6 cm³/mol. The average Bonchev–Trinajstić information content (AvgIpc) is 3.31. The van der Waals surface area contributed by atoms with E-state index in [-0.39, 0.29) is 0 Å². The van der Waals surface area contributed by atoms with Gasteiger partial charge in [-0.3, -0.25) is 4.90 Å². The number of nitrogens with one attached hydrogen (secondary N) is 1. The molecule has 116 valence electrons. The number of aromatic nitrogens is 1. The van der Waals surface area contributed by atoms with Crippen molar-refractivity contribution < 1.29 is 0 Å². The van der Waals surface area contributed by atoms with Crippen LogP contribution in [0.5, 0.6) is 0 Å². The summed E-state index contributed by atoms with van der Waals surface area (Å²) in [5.41, 5.74) is 1.56. The highest BCUT2D eigenvalue weighted by molar-refractivity contribution is 7.11. The van der Waals surface area contributed by atoms with E-state index in [0.717, 1.165) is 24.4 Å². The molecule has 0 radical (unpaired) electrons. The maximum Gasteiger partial charge on any atom is 0.107 e. The Balaban J connectivity index is 1.52. The number of aryl methyl sites for hydroxylation is 2. The zero-order valence-corrected chi connectivity index (χ0v) is 14.3. The summed E-state index contributed by atoms with van der Waals surface area (Å²) in [6.45, 7) is 10.2. The summed E-state index contributed by atoms with van der Waals surface area (Å²) in [5.74, 6) is 1.84. The highest BCUT2D eigenvalue weighted by Gasteiger charge is 2.48. The van der Waals surface area contributed by atoms with Crippen LogP contribution in [0.4, 0.5) is 0 Å². The van der Waals surface area contributed by atoms with E-state index in [0.29, 0.717) is 5.54 Å². The fourth-order valence-corrected chi connectivity index (χ4v) is 4.92. The number of rotatable bonds is 4. The van der Waals surface area contributed by atoms with Crippen molar-refractivity contribution in [3.8, 4) is 0 Å². The fraction of sp³-hybridized carbons (Fsp3) is 0.824. The lowest BCUT2D eigenvalue weighted by atomic mass is 9.90. The molecule has 0 aromatic carbocycles. The molecular weight excluding hydrogens is 278 g/mol. The molecule has 4 rings (SSSR count). The maximum atomic E-state index is 4.78. The van der Waals surface area contributed by atoms with Crippen LogP contribution < -0.4 is 5.32 Å². The zero-order valence-electron chi connectivity index (χ0n) is 13.5. The molecule has 21 heavy (non-hydrogen) atoms. The van der Waals surface area contributed by atoms with Gasteiger partial charge in [0.1, 0.15) is 5.01 Å². The summed E-state index contributed by atoms with van der Waals surface area (Å²) in [4.78, 5) is 8.92. The van der Waals surface area contributed by atoms with Gasteiger partial charge < -0.3 is 5.32 Å². The molecule has 2 heterocycles. The van der Waals surface area contributed by atoms with E-state index >= 15 is 0 Å². The largest absolute Gasteiger partial charge is 0.308 e. The molecule has 4 heteroatoms. The quantitative estimate of drug-likeness (QED) is 0.926. The van der Waals surface area contributed by atoms with Crippen molar-refractivity contribution in [1.82, 2.24) is 15.2 Å². The number of thiazole rings is 1. The highest BCUT2D eigenvalue weighted by atomic mass is 32.1. The number of hydrogen-bond acceptors (Lipinski definition) is 4. The molecule has 1 aromatic rings. The Bertz CT molecular complexity index is 513. The molecule has 2 aliphatic carbocycles. The molecule has 2 unspecified atom stereocenters. The highest BCUT2D eigenvalue weighted by Crippen LogP contribution is 2.44. The molecule has 0 bridgehead atoms. The minimum Gasteiger partial charge on any atom is -0.308 e. The first-order valence-electron chi connectivity index (χ1n) is 8.47. The Morgan fingerprint density at radius 2 is 2.05 bits per heavy atom. The van der Waals surface area contributed by atoms with Gasteiger partial charge in [0.05, 0.1) is 12.2 Å². The number of nitrogens with zero attached hydrogens (tertiary/aromatic N) is 2. The van der Waals surface area contributed by atoms with Gasteiger partial charge in [0.15, 0.2) is 0 Å². The van der Waals surface area contributed by atoms with Gasteiger partial charge >= 0.3 is 0 Å². The van der Waals surface area contributed by atoms with Crippen molar-refractivity contribution in [2.75, 3.05) is 13.1 Å².